The highest BCUT2D eigenvalue weighted by Gasteiger charge is 2.37. The molecule has 4 heteroatoms. The van der Waals surface area contributed by atoms with E-state index in [1.807, 2.05) is 26.0 Å². The number of carbonyl (C=O) groups is 2. The van der Waals surface area contributed by atoms with Gasteiger partial charge < -0.3 is 10.2 Å². The van der Waals surface area contributed by atoms with E-state index in [1.165, 1.54) is 0 Å². The maximum absolute atomic E-state index is 12.2. The Morgan fingerprint density at radius 3 is 2.60 bits per heavy atom. The Morgan fingerprint density at radius 2 is 1.95 bits per heavy atom. The van der Waals surface area contributed by atoms with Crippen LogP contribution in [0.1, 0.15) is 35.3 Å². The molecule has 2 rings (SSSR count). The number of carbonyl (C=O) groups excluding carboxylic acids is 2. The minimum atomic E-state index is -0.392. The summed E-state index contributed by atoms with van der Waals surface area (Å²) in [4.78, 5) is 26.0. The lowest BCUT2D eigenvalue weighted by molar-refractivity contribution is -0.114. The fraction of sp³-hybridized carbons (Fsp3) is 0.500. The summed E-state index contributed by atoms with van der Waals surface area (Å²) in [5.41, 5.74) is 3.32. The van der Waals surface area contributed by atoms with E-state index in [0.29, 0.717) is 18.0 Å². The summed E-state index contributed by atoms with van der Waals surface area (Å²) in [5.74, 6) is -0.455. The van der Waals surface area contributed by atoms with Gasteiger partial charge in [0.1, 0.15) is 0 Å². The highest BCUT2D eigenvalue weighted by Crippen LogP contribution is 2.33. The zero-order chi connectivity index (χ0) is 14.9. The van der Waals surface area contributed by atoms with Gasteiger partial charge in [0.15, 0.2) is 0 Å². The first kappa shape index (κ1) is 14.7. The van der Waals surface area contributed by atoms with Crippen LogP contribution in [0.4, 0.5) is 5.69 Å². The highest BCUT2D eigenvalue weighted by molar-refractivity contribution is 6.52. The SMILES string of the molecule is CCNCC(C)CN1C(=O)C(=O)c2c(C)cc(C)cc21. The number of hydrogen-bond donors (Lipinski definition) is 1. The van der Waals surface area contributed by atoms with E-state index >= 15 is 0 Å². The van der Waals surface area contributed by atoms with Crippen LogP contribution in [0.3, 0.4) is 0 Å². The largest absolute Gasteiger partial charge is 0.317 e. The number of rotatable bonds is 5. The fourth-order valence-electron chi connectivity index (χ4n) is 2.74. The van der Waals surface area contributed by atoms with Gasteiger partial charge in [-0.2, -0.15) is 0 Å². The first-order chi connectivity index (χ1) is 9.45. The Labute approximate surface area is 120 Å². The molecule has 1 aromatic rings. The van der Waals surface area contributed by atoms with E-state index in [9.17, 15) is 9.59 Å². The molecule has 1 atom stereocenters. The second-order valence-electron chi connectivity index (χ2n) is 5.63. The van der Waals surface area contributed by atoms with Crippen LogP contribution in [0.2, 0.25) is 0 Å². The van der Waals surface area contributed by atoms with Crippen molar-refractivity contribution in [3.63, 3.8) is 0 Å². The summed E-state index contributed by atoms with van der Waals surface area (Å²) in [6.07, 6.45) is 0. The van der Waals surface area contributed by atoms with Crippen molar-refractivity contribution in [1.82, 2.24) is 5.32 Å². The molecule has 0 fully saturated rings. The zero-order valence-corrected chi connectivity index (χ0v) is 12.6. The molecule has 20 heavy (non-hydrogen) atoms. The molecule has 1 N–H and O–H groups in total. The Kier molecular flexibility index (Phi) is 4.23. The molecule has 0 aliphatic carbocycles. The van der Waals surface area contributed by atoms with Crippen LogP contribution in [0.25, 0.3) is 0 Å². The van der Waals surface area contributed by atoms with Gasteiger partial charge >= 0.3 is 0 Å². The molecule has 1 unspecified atom stereocenters. The van der Waals surface area contributed by atoms with Crippen LogP contribution < -0.4 is 10.2 Å². The molecule has 1 aliphatic heterocycles. The van der Waals surface area contributed by atoms with Crippen LogP contribution in [0.15, 0.2) is 12.1 Å². The Morgan fingerprint density at radius 1 is 1.25 bits per heavy atom. The molecule has 1 aromatic carbocycles. The molecule has 0 spiro atoms. The molecule has 0 bridgehead atoms. The van der Waals surface area contributed by atoms with Crippen molar-refractivity contribution in [2.75, 3.05) is 24.5 Å². The van der Waals surface area contributed by atoms with E-state index in [4.69, 9.17) is 0 Å². The third kappa shape index (κ3) is 2.61. The molecular formula is C16H22N2O2. The Hall–Kier alpha value is -1.68. The number of nitrogens with one attached hydrogen (secondary N) is 1. The maximum atomic E-state index is 12.2. The number of anilines is 1. The maximum Gasteiger partial charge on any atom is 0.299 e. The summed E-state index contributed by atoms with van der Waals surface area (Å²) in [5, 5.41) is 3.27. The van der Waals surface area contributed by atoms with Gasteiger partial charge in [0, 0.05) is 6.54 Å². The molecule has 1 amide bonds. The van der Waals surface area contributed by atoms with Gasteiger partial charge in [-0.15, -0.1) is 0 Å². The number of fused-ring (bicyclic) bond motifs is 1. The zero-order valence-electron chi connectivity index (χ0n) is 12.6. The average molecular weight is 274 g/mol. The molecule has 0 saturated heterocycles. The van der Waals surface area contributed by atoms with E-state index in [1.54, 1.807) is 4.90 Å². The van der Waals surface area contributed by atoms with Gasteiger partial charge in [0.25, 0.3) is 11.7 Å². The van der Waals surface area contributed by atoms with Crippen molar-refractivity contribution in [2.24, 2.45) is 5.92 Å². The van der Waals surface area contributed by atoms with Gasteiger partial charge in [0.05, 0.1) is 11.3 Å². The van der Waals surface area contributed by atoms with E-state index < -0.39 is 5.91 Å². The van der Waals surface area contributed by atoms with Gasteiger partial charge in [-0.1, -0.05) is 19.9 Å². The number of Topliss-reactive ketones (excluding diaryl/α,β-unsaturated/α-hetero) is 1. The summed E-state index contributed by atoms with van der Waals surface area (Å²) >= 11 is 0. The molecule has 0 saturated carbocycles. The number of aryl methyl sites for hydroxylation is 2. The van der Waals surface area contributed by atoms with Crippen LogP contribution in [-0.4, -0.2) is 31.3 Å². The number of benzene rings is 1. The van der Waals surface area contributed by atoms with Crippen molar-refractivity contribution in [1.29, 1.82) is 0 Å². The molecule has 0 radical (unpaired) electrons. The third-order valence-electron chi connectivity index (χ3n) is 3.65. The first-order valence-electron chi connectivity index (χ1n) is 7.13. The van der Waals surface area contributed by atoms with Crippen molar-refractivity contribution in [3.8, 4) is 0 Å². The monoisotopic (exact) mass is 274 g/mol. The topological polar surface area (TPSA) is 49.4 Å². The number of nitrogens with zero attached hydrogens (tertiary/aromatic N) is 1. The van der Waals surface area contributed by atoms with Crippen molar-refractivity contribution in [3.05, 3.63) is 28.8 Å². The van der Waals surface area contributed by atoms with Crippen LogP contribution in [-0.2, 0) is 4.79 Å². The number of amides is 1. The molecule has 108 valence electrons. The Bertz CT molecular complexity index is 552. The fourth-order valence-corrected chi connectivity index (χ4v) is 2.74. The molecule has 1 aliphatic rings. The molecule has 4 nitrogen and oxygen atoms in total. The second kappa shape index (κ2) is 5.75. The average Bonchev–Trinajstić information content (AvgIpc) is 2.61. The van der Waals surface area contributed by atoms with Gasteiger partial charge in [0.2, 0.25) is 0 Å². The predicted molar refractivity (Wildman–Crippen MR) is 80.3 cm³/mol. The van der Waals surface area contributed by atoms with E-state index in [0.717, 1.165) is 29.9 Å². The van der Waals surface area contributed by atoms with E-state index in [-0.39, 0.29) is 5.78 Å². The van der Waals surface area contributed by atoms with Crippen molar-refractivity contribution >= 4 is 17.4 Å². The third-order valence-corrected chi connectivity index (χ3v) is 3.65. The second-order valence-corrected chi connectivity index (χ2v) is 5.63. The molecule has 1 heterocycles. The predicted octanol–water partition coefficient (Wildman–Crippen LogP) is 2.08. The van der Waals surface area contributed by atoms with Crippen LogP contribution in [0, 0.1) is 19.8 Å². The molecule has 0 aromatic heterocycles. The van der Waals surface area contributed by atoms with Crippen molar-refractivity contribution in [2.45, 2.75) is 27.7 Å². The highest BCUT2D eigenvalue weighted by atomic mass is 16.2. The smallest absolute Gasteiger partial charge is 0.299 e. The van der Waals surface area contributed by atoms with E-state index in [2.05, 4.69) is 19.2 Å². The lowest BCUT2D eigenvalue weighted by Crippen LogP contribution is -2.36. The minimum Gasteiger partial charge on any atom is -0.317 e. The quantitative estimate of drug-likeness (QED) is 0.836. The standard InChI is InChI=1S/C16H22N2O2/c1-5-17-8-11(3)9-18-13-7-10(2)6-12(4)14(13)15(19)16(18)20/h6-7,11,17H,5,8-9H2,1-4H3. The number of hydrogen-bond acceptors (Lipinski definition) is 3. The summed E-state index contributed by atoms with van der Waals surface area (Å²) < 4.78 is 0. The Balaban J connectivity index is 2.29. The van der Waals surface area contributed by atoms with Gasteiger partial charge in [-0.05, 0) is 50.0 Å². The van der Waals surface area contributed by atoms with Crippen LogP contribution >= 0.6 is 0 Å². The van der Waals surface area contributed by atoms with Gasteiger partial charge in [-0.25, -0.2) is 0 Å². The minimum absolute atomic E-state index is 0.304. The first-order valence-corrected chi connectivity index (χ1v) is 7.13. The lowest BCUT2D eigenvalue weighted by atomic mass is 10.0. The van der Waals surface area contributed by atoms with Crippen molar-refractivity contribution < 1.29 is 9.59 Å². The summed E-state index contributed by atoms with van der Waals surface area (Å²) in [6, 6.07) is 3.89. The summed E-state index contributed by atoms with van der Waals surface area (Å²) in [7, 11) is 0. The molecular weight excluding hydrogens is 252 g/mol. The van der Waals surface area contributed by atoms with Gasteiger partial charge in [-0.3, -0.25) is 9.59 Å². The number of ketones is 1. The summed E-state index contributed by atoms with van der Waals surface area (Å²) in [6.45, 7) is 10.3. The normalized spacial score (nSPS) is 15.7. The van der Waals surface area contributed by atoms with Crippen LogP contribution in [0.5, 0.6) is 0 Å². The lowest BCUT2D eigenvalue weighted by Gasteiger charge is -2.22.